The molecule has 27 heavy (non-hydrogen) atoms. The molecule has 0 amide bonds. The summed E-state index contributed by atoms with van der Waals surface area (Å²) < 4.78 is 6.86. The summed E-state index contributed by atoms with van der Waals surface area (Å²) in [5, 5.41) is 20.8. The maximum absolute atomic E-state index is 12.1. The van der Waals surface area contributed by atoms with E-state index >= 15 is 0 Å². The van der Waals surface area contributed by atoms with Gasteiger partial charge in [0.05, 0.1) is 17.9 Å². The first-order valence-corrected chi connectivity index (χ1v) is 8.28. The van der Waals surface area contributed by atoms with Crippen LogP contribution in [0.2, 0.25) is 0 Å². The zero-order valence-electron chi connectivity index (χ0n) is 14.1. The van der Waals surface area contributed by atoms with Crippen LogP contribution in [0.4, 0.5) is 5.82 Å². The Labute approximate surface area is 153 Å². The molecular formula is C18H17N5O4. The number of imidazole rings is 1. The predicted molar refractivity (Wildman–Crippen MR) is 95.6 cm³/mol. The Morgan fingerprint density at radius 2 is 1.96 bits per heavy atom. The van der Waals surface area contributed by atoms with Gasteiger partial charge < -0.3 is 25.3 Å². The number of benzene rings is 1. The highest BCUT2D eigenvalue weighted by atomic mass is 16.5. The summed E-state index contributed by atoms with van der Waals surface area (Å²) in [7, 11) is 0. The number of aliphatic hydroxyl groups excluding tert-OH is 2. The molecule has 1 aromatic carbocycles. The molecule has 4 N–H and O–H groups in total. The average Bonchev–Trinajstić information content (AvgIpc) is 3.23. The van der Waals surface area contributed by atoms with Gasteiger partial charge in [-0.25, -0.2) is 19.7 Å². The van der Waals surface area contributed by atoms with Crippen molar-refractivity contribution < 1.29 is 19.7 Å². The Kier molecular flexibility index (Phi) is 4.30. The minimum Gasteiger partial charge on any atom is -0.457 e. The van der Waals surface area contributed by atoms with Crippen LogP contribution in [0.1, 0.15) is 16.4 Å². The predicted octanol–water partition coefficient (Wildman–Crippen LogP) is 0.468. The number of hydrogen-bond acceptors (Lipinski definition) is 8. The summed E-state index contributed by atoms with van der Waals surface area (Å²) in [6.07, 6.45) is 2.12. The van der Waals surface area contributed by atoms with Gasteiger partial charge in [-0.05, 0) is 17.7 Å². The molecule has 2 aromatic heterocycles. The van der Waals surface area contributed by atoms with Crippen LogP contribution in [0.3, 0.4) is 0 Å². The molecule has 9 nitrogen and oxygen atoms in total. The fourth-order valence-corrected chi connectivity index (χ4v) is 3.10. The molecule has 3 aromatic rings. The first-order valence-electron chi connectivity index (χ1n) is 8.28. The van der Waals surface area contributed by atoms with Crippen molar-refractivity contribution in [1.82, 2.24) is 19.5 Å². The highest BCUT2D eigenvalue weighted by Crippen LogP contribution is 2.32. The third-order valence-electron chi connectivity index (χ3n) is 4.53. The highest BCUT2D eigenvalue weighted by Gasteiger charge is 2.37. The number of nitrogen functional groups attached to an aromatic ring is 1. The molecule has 0 unspecified atom stereocenters. The lowest BCUT2D eigenvalue weighted by Gasteiger charge is -2.19. The van der Waals surface area contributed by atoms with E-state index in [4.69, 9.17) is 10.5 Å². The molecule has 0 spiro atoms. The number of anilines is 1. The van der Waals surface area contributed by atoms with E-state index in [2.05, 4.69) is 15.0 Å². The minimum absolute atomic E-state index is 0.133. The summed E-state index contributed by atoms with van der Waals surface area (Å²) in [6, 6.07) is 7.93. The van der Waals surface area contributed by atoms with Gasteiger partial charge >= 0.3 is 5.97 Å². The van der Waals surface area contributed by atoms with Crippen molar-refractivity contribution in [2.75, 3.05) is 12.3 Å². The van der Waals surface area contributed by atoms with E-state index in [1.54, 1.807) is 41.0 Å². The first kappa shape index (κ1) is 17.1. The van der Waals surface area contributed by atoms with E-state index in [1.165, 1.54) is 12.7 Å². The molecule has 9 heteroatoms. The lowest BCUT2D eigenvalue weighted by molar-refractivity contribution is 0.0236. The van der Waals surface area contributed by atoms with E-state index in [0.717, 1.165) is 0 Å². The van der Waals surface area contributed by atoms with Gasteiger partial charge in [0.15, 0.2) is 11.5 Å². The Morgan fingerprint density at radius 3 is 2.74 bits per heavy atom. The molecule has 0 radical (unpaired) electrons. The number of carbonyl (C=O) groups is 1. The number of fused-ring (bicyclic) bond motifs is 1. The van der Waals surface area contributed by atoms with E-state index in [-0.39, 0.29) is 12.4 Å². The Morgan fingerprint density at radius 1 is 1.19 bits per heavy atom. The standard InChI is InChI=1S/C18H17N5O4/c19-16-13-17(21-8-20-16)23(9-22-13)12-6-11(14(24)15(12)25)7-27-18(26)10-4-2-1-3-5-10/h1-6,8-9,12,14-15,24-25H,7H2,(H2,19,20,21)/t12-,14-,15+/m1/s1. The Bertz CT molecular complexity index is 1020. The van der Waals surface area contributed by atoms with Gasteiger partial charge in [-0.1, -0.05) is 24.3 Å². The van der Waals surface area contributed by atoms with E-state index in [0.29, 0.717) is 22.3 Å². The monoisotopic (exact) mass is 367 g/mol. The third kappa shape index (κ3) is 3.03. The van der Waals surface area contributed by atoms with Crippen LogP contribution in [0.25, 0.3) is 11.2 Å². The number of aliphatic hydroxyl groups is 2. The maximum Gasteiger partial charge on any atom is 0.338 e. The molecule has 0 aliphatic heterocycles. The summed E-state index contributed by atoms with van der Waals surface area (Å²) in [6.45, 7) is -0.133. The van der Waals surface area contributed by atoms with Crippen molar-refractivity contribution in [2.24, 2.45) is 0 Å². The lowest BCUT2D eigenvalue weighted by atomic mass is 10.1. The first-order chi connectivity index (χ1) is 13.1. The van der Waals surface area contributed by atoms with Crippen LogP contribution in [0.5, 0.6) is 0 Å². The van der Waals surface area contributed by atoms with Crippen LogP contribution in [0, 0.1) is 0 Å². The van der Waals surface area contributed by atoms with Crippen LogP contribution >= 0.6 is 0 Å². The summed E-state index contributed by atoms with van der Waals surface area (Å²) >= 11 is 0. The summed E-state index contributed by atoms with van der Waals surface area (Å²) in [4.78, 5) is 24.3. The molecule has 0 saturated heterocycles. The summed E-state index contributed by atoms with van der Waals surface area (Å²) in [5.41, 5.74) is 7.45. The SMILES string of the molecule is Nc1ncnc2c1ncn2[C@@H]1C=C(COC(=O)c2ccccc2)[C@@H](O)[C@H]1O. The van der Waals surface area contributed by atoms with Gasteiger partial charge in [-0.3, -0.25) is 0 Å². The molecule has 1 aliphatic carbocycles. The van der Waals surface area contributed by atoms with Crippen LogP contribution < -0.4 is 5.73 Å². The number of ether oxygens (including phenoxy) is 1. The minimum atomic E-state index is -1.17. The molecule has 138 valence electrons. The molecule has 0 fully saturated rings. The fraction of sp³-hybridized carbons (Fsp3) is 0.222. The Hall–Kier alpha value is -3.30. The normalized spacial score (nSPS) is 22.0. The van der Waals surface area contributed by atoms with Crippen molar-refractivity contribution in [3.05, 3.63) is 60.2 Å². The van der Waals surface area contributed by atoms with Crippen LogP contribution in [-0.2, 0) is 4.74 Å². The second kappa shape index (κ2) is 6.78. The molecule has 2 heterocycles. The number of nitrogens with zero attached hydrogens (tertiary/aromatic N) is 4. The van der Waals surface area contributed by atoms with Gasteiger partial charge in [0.2, 0.25) is 0 Å². The van der Waals surface area contributed by atoms with Gasteiger partial charge in [-0.15, -0.1) is 0 Å². The Balaban J connectivity index is 1.56. The second-order valence-electron chi connectivity index (χ2n) is 6.19. The third-order valence-corrected chi connectivity index (χ3v) is 4.53. The van der Waals surface area contributed by atoms with Gasteiger partial charge in [0.1, 0.15) is 30.7 Å². The molecule has 1 aliphatic rings. The number of rotatable bonds is 4. The van der Waals surface area contributed by atoms with Crippen LogP contribution in [0.15, 0.2) is 54.6 Å². The number of hydrogen-bond donors (Lipinski definition) is 3. The van der Waals surface area contributed by atoms with Gasteiger partial charge in [0, 0.05) is 0 Å². The van der Waals surface area contributed by atoms with Gasteiger partial charge in [0.25, 0.3) is 0 Å². The topological polar surface area (TPSA) is 136 Å². The average molecular weight is 367 g/mol. The highest BCUT2D eigenvalue weighted by molar-refractivity contribution is 5.89. The zero-order chi connectivity index (χ0) is 19.0. The second-order valence-corrected chi connectivity index (χ2v) is 6.19. The van der Waals surface area contributed by atoms with Crippen LogP contribution in [-0.4, -0.2) is 54.5 Å². The molecular weight excluding hydrogens is 350 g/mol. The van der Waals surface area contributed by atoms with Crippen molar-refractivity contribution in [3.8, 4) is 0 Å². The zero-order valence-corrected chi connectivity index (χ0v) is 14.1. The quantitative estimate of drug-likeness (QED) is 0.447. The van der Waals surface area contributed by atoms with Crippen molar-refractivity contribution in [2.45, 2.75) is 18.2 Å². The van der Waals surface area contributed by atoms with E-state index in [9.17, 15) is 15.0 Å². The number of nitrogens with two attached hydrogens (primary N) is 1. The lowest BCUT2D eigenvalue weighted by Crippen LogP contribution is -2.30. The summed E-state index contributed by atoms with van der Waals surface area (Å²) in [5.74, 6) is -0.275. The number of carbonyl (C=O) groups excluding carboxylic acids is 1. The van der Waals surface area contributed by atoms with Crippen molar-refractivity contribution >= 4 is 23.0 Å². The van der Waals surface area contributed by atoms with Gasteiger partial charge in [-0.2, -0.15) is 0 Å². The smallest absolute Gasteiger partial charge is 0.338 e. The van der Waals surface area contributed by atoms with Crippen molar-refractivity contribution in [1.29, 1.82) is 0 Å². The fourth-order valence-electron chi connectivity index (χ4n) is 3.10. The molecule has 0 saturated carbocycles. The molecule has 3 atom stereocenters. The molecule has 0 bridgehead atoms. The molecule has 4 rings (SSSR count). The maximum atomic E-state index is 12.1. The van der Waals surface area contributed by atoms with E-state index in [1.807, 2.05) is 0 Å². The number of esters is 1. The van der Waals surface area contributed by atoms with Crippen molar-refractivity contribution in [3.63, 3.8) is 0 Å². The largest absolute Gasteiger partial charge is 0.457 e. The number of aromatic nitrogens is 4. The van der Waals surface area contributed by atoms with E-state index < -0.39 is 24.2 Å².